The Balaban J connectivity index is 1.39. The number of amides is 1. The lowest BCUT2D eigenvalue weighted by Crippen LogP contribution is -2.43. The molecular formula is C20H28N2O4. The van der Waals surface area contributed by atoms with Gasteiger partial charge in [0.05, 0.1) is 6.54 Å². The molecule has 1 atom stereocenters. The van der Waals surface area contributed by atoms with Crippen LogP contribution in [-0.4, -0.2) is 52.5 Å². The van der Waals surface area contributed by atoms with E-state index in [-0.39, 0.29) is 17.2 Å². The smallest absolute Gasteiger partial charge is 0.326 e. The lowest BCUT2D eigenvalue weighted by molar-refractivity contribution is -0.148. The van der Waals surface area contributed by atoms with Crippen LogP contribution in [0.15, 0.2) is 10.5 Å². The molecule has 0 unspecified atom stereocenters. The Hall–Kier alpha value is -1.82. The minimum Gasteiger partial charge on any atom is -0.480 e. The van der Waals surface area contributed by atoms with Gasteiger partial charge in [-0.1, -0.05) is 0 Å². The van der Waals surface area contributed by atoms with Gasteiger partial charge in [-0.2, -0.15) is 0 Å². The average Bonchev–Trinajstić information content (AvgIpc) is 3.31. The molecule has 6 heteroatoms. The second kappa shape index (κ2) is 6.41. The average molecular weight is 360 g/mol. The second-order valence-electron chi connectivity index (χ2n) is 8.53. The molecule has 2 aliphatic heterocycles. The molecule has 0 radical (unpaired) electrons. The molecule has 2 saturated heterocycles. The van der Waals surface area contributed by atoms with Gasteiger partial charge in [0.25, 0.3) is 0 Å². The lowest BCUT2D eigenvalue weighted by Gasteiger charge is -2.38. The molecule has 142 valence electrons. The number of likely N-dealkylation sites (tertiary alicyclic amines) is 2. The van der Waals surface area contributed by atoms with E-state index in [1.54, 1.807) is 4.90 Å². The first-order valence-electron chi connectivity index (χ1n) is 9.68. The standard InChI is InChI=1S/C20H28N2O4/c1-13-9-16(26-14(13)2)11-21-7-5-20(6-8-21)10-17(19(24)25)22(12-20)18(23)15-3-4-15/h9,15,17H,3-8,10-12H2,1-2H3,(H,24,25)/t17-/m0/s1. The van der Waals surface area contributed by atoms with Gasteiger partial charge in [0, 0.05) is 12.5 Å². The fraction of sp³-hybridized carbons (Fsp3) is 0.700. The van der Waals surface area contributed by atoms with Gasteiger partial charge in [-0.25, -0.2) is 4.79 Å². The molecule has 1 aromatic rings. The summed E-state index contributed by atoms with van der Waals surface area (Å²) in [7, 11) is 0. The molecular weight excluding hydrogens is 332 g/mol. The fourth-order valence-electron chi connectivity index (χ4n) is 4.57. The SMILES string of the molecule is Cc1cc(CN2CCC3(CC2)C[C@@H](C(=O)O)N(C(=O)C2CC2)C3)oc1C. The van der Waals surface area contributed by atoms with E-state index in [9.17, 15) is 14.7 Å². The molecule has 26 heavy (non-hydrogen) atoms. The highest BCUT2D eigenvalue weighted by atomic mass is 16.4. The zero-order valence-corrected chi connectivity index (χ0v) is 15.7. The van der Waals surface area contributed by atoms with Crippen LogP contribution in [0.3, 0.4) is 0 Å². The van der Waals surface area contributed by atoms with Crippen LogP contribution < -0.4 is 0 Å². The van der Waals surface area contributed by atoms with Crippen LogP contribution in [0.2, 0.25) is 0 Å². The molecule has 0 bridgehead atoms. The third kappa shape index (κ3) is 3.27. The van der Waals surface area contributed by atoms with Crippen LogP contribution in [0, 0.1) is 25.2 Å². The molecule has 1 spiro atoms. The van der Waals surface area contributed by atoms with Crippen molar-refractivity contribution in [3.8, 4) is 0 Å². The van der Waals surface area contributed by atoms with Gasteiger partial charge >= 0.3 is 5.97 Å². The zero-order valence-electron chi connectivity index (χ0n) is 15.7. The van der Waals surface area contributed by atoms with E-state index in [0.29, 0.717) is 13.0 Å². The number of rotatable bonds is 4. The van der Waals surface area contributed by atoms with Crippen LogP contribution in [0.5, 0.6) is 0 Å². The molecule has 3 aliphatic rings. The molecule has 1 amide bonds. The maximum atomic E-state index is 12.5. The molecule has 1 saturated carbocycles. The Morgan fingerprint density at radius 2 is 1.96 bits per heavy atom. The van der Waals surface area contributed by atoms with Gasteiger partial charge in [-0.05, 0) is 76.1 Å². The van der Waals surface area contributed by atoms with E-state index in [4.69, 9.17) is 4.42 Å². The minimum absolute atomic E-state index is 0.0287. The molecule has 1 aliphatic carbocycles. The van der Waals surface area contributed by atoms with Gasteiger partial charge in [0.2, 0.25) is 5.91 Å². The summed E-state index contributed by atoms with van der Waals surface area (Å²) in [6.07, 6.45) is 4.34. The number of hydrogen-bond acceptors (Lipinski definition) is 4. The third-order valence-corrected chi connectivity index (χ3v) is 6.52. The molecule has 1 aromatic heterocycles. The first kappa shape index (κ1) is 17.6. The van der Waals surface area contributed by atoms with Crippen molar-refractivity contribution in [2.45, 2.75) is 58.5 Å². The highest BCUT2D eigenvalue weighted by molar-refractivity contribution is 5.87. The summed E-state index contributed by atoms with van der Waals surface area (Å²) in [5.41, 5.74) is 1.15. The Morgan fingerprint density at radius 1 is 1.27 bits per heavy atom. The van der Waals surface area contributed by atoms with E-state index in [2.05, 4.69) is 17.9 Å². The largest absolute Gasteiger partial charge is 0.480 e. The quantitative estimate of drug-likeness (QED) is 0.893. The topological polar surface area (TPSA) is 74.0 Å². The van der Waals surface area contributed by atoms with Gasteiger partial charge in [-0.3, -0.25) is 9.69 Å². The molecule has 6 nitrogen and oxygen atoms in total. The Morgan fingerprint density at radius 3 is 2.50 bits per heavy atom. The summed E-state index contributed by atoms with van der Waals surface area (Å²) < 4.78 is 5.79. The van der Waals surface area contributed by atoms with Crippen molar-refractivity contribution in [2.24, 2.45) is 11.3 Å². The first-order valence-corrected chi connectivity index (χ1v) is 9.68. The number of carbonyl (C=O) groups excluding carboxylic acids is 1. The van der Waals surface area contributed by atoms with Gasteiger partial charge in [-0.15, -0.1) is 0 Å². The van der Waals surface area contributed by atoms with Crippen molar-refractivity contribution < 1.29 is 19.1 Å². The van der Waals surface area contributed by atoms with E-state index < -0.39 is 12.0 Å². The van der Waals surface area contributed by atoms with E-state index >= 15 is 0 Å². The van der Waals surface area contributed by atoms with Crippen molar-refractivity contribution in [1.29, 1.82) is 0 Å². The number of hydrogen-bond donors (Lipinski definition) is 1. The summed E-state index contributed by atoms with van der Waals surface area (Å²) in [5, 5.41) is 9.61. The van der Waals surface area contributed by atoms with Crippen LogP contribution in [-0.2, 0) is 16.1 Å². The van der Waals surface area contributed by atoms with Crippen molar-refractivity contribution in [3.63, 3.8) is 0 Å². The van der Waals surface area contributed by atoms with Crippen molar-refractivity contribution in [1.82, 2.24) is 9.80 Å². The predicted octanol–water partition coefficient (Wildman–Crippen LogP) is 2.57. The lowest BCUT2D eigenvalue weighted by atomic mass is 9.76. The van der Waals surface area contributed by atoms with Gasteiger partial charge < -0.3 is 14.4 Å². The first-order chi connectivity index (χ1) is 12.4. The fourth-order valence-corrected chi connectivity index (χ4v) is 4.57. The zero-order chi connectivity index (χ0) is 18.5. The maximum absolute atomic E-state index is 12.5. The van der Waals surface area contributed by atoms with Crippen LogP contribution >= 0.6 is 0 Å². The summed E-state index contributed by atoms with van der Waals surface area (Å²) >= 11 is 0. The highest BCUT2D eigenvalue weighted by Crippen LogP contribution is 2.45. The number of aryl methyl sites for hydroxylation is 2. The van der Waals surface area contributed by atoms with Crippen molar-refractivity contribution in [2.75, 3.05) is 19.6 Å². The monoisotopic (exact) mass is 360 g/mol. The van der Waals surface area contributed by atoms with Gasteiger partial charge in [0.1, 0.15) is 17.6 Å². The Bertz CT molecular complexity index is 694. The van der Waals surface area contributed by atoms with Crippen LogP contribution in [0.1, 0.15) is 49.2 Å². The van der Waals surface area contributed by atoms with E-state index in [1.165, 1.54) is 5.56 Å². The summed E-state index contributed by atoms with van der Waals surface area (Å²) in [6, 6.07) is 1.47. The molecule has 3 fully saturated rings. The van der Waals surface area contributed by atoms with E-state index in [1.807, 2.05) is 6.92 Å². The normalized spacial score (nSPS) is 25.8. The number of furan rings is 1. The van der Waals surface area contributed by atoms with Crippen molar-refractivity contribution in [3.05, 3.63) is 23.2 Å². The number of carboxylic acids is 1. The summed E-state index contributed by atoms with van der Waals surface area (Å²) in [5.74, 6) is 1.27. The number of aliphatic carboxylic acids is 1. The van der Waals surface area contributed by atoms with Crippen molar-refractivity contribution >= 4 is 11.9 Å². The maximum Gasteiger partial charge on any atom is 0.326 e. The second-order valence-corrected chi connectivity index (χ2v) is 8.53. The highest BCUT2D eigenvalue weighted by Gasteiger charge is 2.51. The predicted molar refractivity (Wildman–Crippen MR) is 95.6 cm³/mol. The third-order valence-electron chi connectivity index (χ3n) is 6.52. The molecule has 4 rings (SSSR count). The summed E-state index contributed by atoms with van der Waals surface area (Å²) in [4.78, 5) is 28.3. The Kier molecular flexibility index (Phi) is 4.34. The number of piperidine rings is 1. The van der Waals surface area contributed by atoms with E-state index in [0.717, 1.165) is 56.8 Å². The molecule has 1 N–H and O–H groups in total. The summed E-state index contributed by atoms with van der Waals surface area (Å²) in [6.45, 7) is 7.32. The molecule has 0 aromatic carbocycles. The van der Waals surface area contributed by atoms with Crippen LogP contribution in [0.4, 0.5) is 0 Å². The number of carboxylic acid groups (broad SMARTS) is 1. The minimum atomic E-state index is -0.847. The Labute approximate surface area is 154 Å². The van der Waals surface area contributed by atoms with Crippen LogP contribution in [0.25, 0.3) is 0 Å². The number of nitrogens with zero attached hydrogens (tertiary/aromatic N) is 2. The van der Waals surface area contributed by atoms with Gasteiger partial charge in [0.15, 0.2) is 0 Å². The molecule has 3 heterocycles. The number of carbonyl (C=O) groups is 2.